The van der Waals surface area contributed by atoms with Gasteiger partial charge in [0.05, 0.1) is 29.2 Å². The second kappa shape index (κ2) is 11.1. The number of nitrogens with zero attached hydrogens (tertiary/aromatic N) is 5. The SMILES string of the molecule is Cc1ccc(N(c2ccc(C)cc2)c2ccc(-c3ncc(N=c4c(=O)c(=O)c5cc(C(F)(F)F)ccc45)c4nsnc34)cc2)cc1. The second-order valence-electron chi connectivity index (χ2n) is 10.9. The summed E-state index contributed by atoms with van der Waals surface area (Å²) in [6, 6.07) is 27.0. The molecule has 2 aromatic heterocycles. The Labute approximate surface area is 263 Å². The minimum absolute atomic E-state index is 0.0331. The summed E-state index contributed by atoms with van der Waals surface area (Å²) in [7, 11) is 0. The van der Waals surface area contributed by atoms with E-state index in [1.54, 1.807) is 0 Å². The Morgan fingerprint density at radius 3 is 1.85 bits per heavy atom. The molecule has 7 nitrogen and oxygen atoms in total. The van der Waals surface area contributed by atoms with Crippen molar-refractivity contribution in [2.75, 3.05) is 4.90 Å². The predicted molar refractivity (Wildman–Crippen MR) is 174 cm³/mol. The summed E-state index contributed by atoms with van der Waals surface area (Å²) in [5, 5.41) is -0.554. The number of aromatic nitrogens is 3. The average molecular weight is 634 g/mol. The van der Waals surface area contributed by atoms with E-state index in [9.17, 15) is 22.8 Å². The Morgan fingerprint density at radius 2 is 1.26 bits per heavy atom. The molecular weight excluding hydrogens is 611 g/mol. The van der Waals surface area contributed by atoms with Crippen molar-refractivity contribution in [3.05, 3.63) is 140 Å². The van der Waals surface area contributed by atoms with Crippen LogP contribution in [0.3, 0.4) is 0 Å². The number of hydrogen-bond donors (Lipinski definition) is 0. The number of rotatable bonds is 5. The van der Waals surface area contributed by atoms with Crippen LogP contribution in [0.15, 0.2) is 112 Å². The molecule has 0 fully saturated rings. The lowest BCUT2D eigenvalue weighted by atomic mass is 10.1. The zero-order valence-electron chi connectivity index (χ0n) is 24.3. The van der Waals surface area contributed by atoms with Crippen molar-refractivity contribution >= 4 is 56.3 Å². The lowest BCUT2D eigenvalue weighted by Gasteiger charge is -2.26. The van der Waals surface area contributed by atoms with Gasteiger partial charge in [-0.3, -0.25) is 14.6 Å². The van der Waals surface area contributed by atoms with E-state index in [4.69, 9.17) is 0 Å². The molecule has 0 radical (unpaired) electrons. The molecule has 0 saturated carbocycles. The van der Waals surface area contributed by atoms with E-state index in [1.165, 1.54) is 6.20 Å². The lowest BCUT2D eigenvalue weighted by Crippen LogP contribution is -2.30. The summed E-state index contributed by atoms with van der Waals surface area (Å²) in [6.45, 7) is 4.09. The summed E-state index contributed by atoms with van der Waals surface area (Å²) in [4.78, 5) is 36.5. The molecule has 0 aliphatic heterocycles. The molecule has 226 valence electrons. The fourth-order valence-corrected chi connectivity index (χ4v) is 5.91. The van der Waals surface area contributed by atoms with Gasteiger partial charge in [0.25, 0.3) is 5.43 Å². The summed E-state index contributed by atoms with van der Waals surface area (Å²) in [5.74, 6) is 0. The van der Waals surface area contributed by atoms with Crippen LogP contribution in [0.4, 0.5) is 35.9 Å². The predicted octanol–water partition coefficient (Wildman–Crippen LogP) is 7.84. The summed E-state index contributed by atoms with van der Waals surface area (Å²) in [6.07, 6.45) is -3.24. The highest BCUT2D eigenvalue weighted by molar-refractivity contribution is 7.00. The molecule has 46 heavy (non-hydrogen) atoms. The van der Waals surface area contributed by atoms with Crippen molar-refractivity contribution < 1.29 is 13.2 Å². The number of aryl methyl sites for hydroxylation is 2. The van der Waals surface area contributed by atoms with Crippen LogP contribution in [0.2, 0.25) is 0 Å². The molecule has 0 unspecified atom stereocenters. The summed E-state index contributed by atoms with van der Waals surface area (Å²) < 4.78 is 48.5. The van der Waals surface area contributed by atoms with E-state index in [-0.39, 0.29) is 21.8 Å². The quantitative estimate of drug-likeness (QED) is 0.180. The molecule has 0 spiro atoms. The summed E-state index contributed by atoms with van der Waals surface area (Å²) >= 11 is 0.936. The first-order valence-electron chi connectivity index (χ1n) is 14.1. The third kappa shape index (κ3) is 5.14. The smallest absolute Gasteiger partial charge is 0.311 e. The maximum absolute atomic E-state index is 13.2. The number of benzene rings is 4. The highest BCUT2D eigenvalue weighted by atomic mass is 32.1. The molecule has 11 heteroatoms. The maximum Gasteiger partial charge on any atom is 0.416 e. The highest BCUT2D eigenvalue weighted by Crippen LogP contribution is 2.37. The summed E-state index contributed by atoms with van der Waals surface area (Å²) in [5.41, 5.74) is 4.51. The van der Waals surface area contributed by atoms with Crippen molar-refractivity contribution in [2.45, 2.75) is 20.0 Å². The average Bonchev–Trinajstić information content (AvgIpc) is 3.63. The minimum atomic E-state index is -4.66. The van der Waals surface area contributed by atoms with E-state index in [2.05, 4.69) is 72.2 Å². The van der Waals surface area contributed by atoms with E-state index >= 15 is 0 Å². The Balaban J connectivity index is 1.29. The second-order valence-corrected chi connectivity index (χ2v) is 11.4. The largest absolute Gasteiger partial charge is 0.416 e. The monoisotopic (exact) mass is 633 g/mol. The molecule has 0 amide bonds. The number of hydrogen-bond acceptors (Lipinski definition) is 8. The molecule has 5 aromatic carbocycles. The Hall–Kier alpha value is -5.55. The van der Waals surface area contributed by atoms with Gasteiger partial charge >= 0.3 is 6.18 Å². The third-order valence-corrected chi connectivity index (χ3v) is 8.28. The van der Waals surface area contributed by atoms with E-state index < -0.39 is 22.6 Å². The molecule has 0 N–H and O–H groups in total. The minimum Gasteiger partial charge on any atom is -0.311 e. The molecule has 0 aliphatic rings. The molecule has 7 rings (SSSR count). The molecule has 7 aromatic rings. The van der Waals surface area contributed by atoms with E-state index in [1.807, 2.05) is 38.1 Å². The first-order valence-corrected chi connectivity index (χ1v) is 14.9. The van der Waals surface area contributed by atoms with Gasteiger partial charge in [-0.2, -0.15) is 21.9 Å². The van der Waals surface area contributed by atoms with Gasteiger partial charge < -0.3 is 4.90 Å². The fraction of sp³-hybridized carbons (Fsp3) is 0.0857. The van der Waals surface area contributed by atoms with Crippen molar-refractivity contribution in [2.24, 2.45) is 4.99 Å². The first-order chi connectivity index (χ1) is 22.1. The van der Waals surface area contributed by atoms with Gasteiger partial charge in [-0.15, -0.1) is 0 Å². The zero-order valence-corrected chi connectivity index (χ0v) is 25.1. The Kier molecular flexibility index (Phi) is 7.05. The van der Waals surface area contributed by atoms with Crippen LogP contribution in [-0.4, -0.2) is 13.7 Å². The zero-order chi connectivity index (χ0) is 32.2. The van der Waals surface area contributed by atoms with E-state index in [0.29, 0.717) is 22.8 Å². The van der Waals surface area contributed by atoms with Crippen molar-refractivity contribution in [3.8, 4) is 11.3 Å². The first kappa shape index (κ1) is 29.2. The Morgan fingerprint density at radius 1 is 0.696 bits per heavy atom. The molecule has 0 atom stereocenters. The molecule has 2 heterocycles. The molecule has 0 bridgehead atoms. The number of anilines is 3. The van der Waals surface area contributed by atoms with Gasteiger partial charge in [0.2, 0.25) is 5.43 Å². The Bertz CT molecular complexity index is 2370. The third-order valence-electron chi connectivity index (χ3n) is 7.75. The normalized spacial score (nSPS) is 12.3. The maximum atomic E-state index is 13.2. The van der Waals surface area contributed by atoms with Gasteiger partial charge in [-0.25, -0.2) is 4.99 Å². The molecule has 0 aliphatic carbocycles. The van der Waals surface area contributed by atoms with Crippen LogP contribution >= 0.6 is 11.7 Å². The van der Waals surface area contributed by atoms with Crippen LogP contribution in [0.1, 0.15) is 16.7 Å². The van der Waals surface area contributed by atoms with Crippen molar-refractivity contribution in [3.63, 3.8) is 0 Å². The van der Waals surface area contributed by atoms with Gasteiger partial charge in [0, 0.05) is 33.4 Å². The van der Waals surface area contributed by atoms with Gasteiger partial charge in [0.15, 0.2) is 0 Å². The van der Waals surface area contributed by atoms with Crippen molar-refractivity contribution in [1.82, 2.24) is 13.7 Å². The van der Waals surface area contributed by atoms with Gasteiger partial charge in [0.1, 0.15) is 22.1 Å². The fourth-order valence-electron chi connectivity index (χ4n) is 5.35. The lowest BCUT2D eigenvalue weighted by molar-refractivity contribution is -0.137. The van der Waals surface area contributed by atoms with Gasteiger partial charge in [-0.05, 0) is 62.4 Å². The van der Waals surface area contributed by atoms with Crippen LogP contribution in [-0.2, 0) is 6.18 Å². The van der Waals surface area contributed by atoms with Crippen LogP contribution in [0.25, 0.3) is 33.1 Å². The van der Waals surface area contributed by atoms with Crippen molar-refractivity contribution in [1.29, 1.82) is 0 Å². The molecule has 0 saturated heterocycles. The van der Waals surface area contributed by atoms with Crippen LogP contribution in [0.5, 0.6) is 0 Å². The highest BCUT2D eigenvalue weighted by Gasteiger charge is 2.31. The standard InChI is InChI=1S/C35H22F3N5O2S/c1-19-3-10-23(11-4-19)43(24-12-5-20(2)6-13-24)25-14-7-21(8-15-25)29-32-31(41-46-42-32)28(18-39-29)40-30-26-16-9-22(35(36,37)38)17-27(26)33(44)34(30)45/h3-18H,1-2H3. The van der Waals surface area contributed by atoms with E-state index in [0.717, 1.165) is 57.6 Å². The number of halogens is 3. The van der Waals surface area contributed by atoms with Crippen LogP contribution < -0.4 is 21.1 Å². The van der Waals surface area contributed by atoms with Crippen LogP contribution in [0, 0.1) is 13.8 Å². The number of pyridine rings is 1. The topological polar surface area (TPSA) is 88.4 Å². The van der Waals surface area contributed by atoms with Gasteiger partial charge in [-0.1, -0.05) is 53.6 Å². The number of fused-ring (bicyclic) bond motifs is 2. The molecular formula is C35H22F3N5O2S. The number of alkyl halides is 3.